The fourth-order valence-electron chi connectivity index (χ4n) is 2.27. The Bertz CT molecular complexity index is 439. The summed E-state index contributed by atoms with van der Waals surface area (Å²) in [6, 6.07) is 4.19. The molecule has 1 saturated carbocycles. The number of hydrogen-bond donors (Lipinski definition) is 2. The van der Waals surface area contributed by atoms with Gasteiger partial charge < -0.3 is 10.8 Å². The highest BCUT2D eigenvalue weighted by Crippen LogP contribution is 2.39. The number of nitrogens with two attached hydrogens (primary N) is 1. The number of aromatic hydroxyl groups is 1. The molecule has 3 N–H and O–H groups in total. The second-order valence-corrected chi connectivity index (χ2v) is 6.60. The number of rotatable bonds is 2. The van der Waals surface area contributed by atoms with Crippen molar-refractivity contribution in [2.75, 3.05) is 0 Å². The van der Waals surface area contributed by atoms with Gasteiger partial charge in [-0.2, -0.15) is 0 Å². The van der Waals surface area contributed by atoms with Gasteiger partial charge in [-0.3, -0.25) is 0 Å². The minimum absolute atomic E-state index is 0.0264. The van der Waals surface area contributed by atoms with Crippen molar-refractivity contribution in [2.24, 2.45) is 5.73 Å². The van der Waals surface area contributed by atoms with Gasteiger partial charge in [0.2, 0.25) is 0 Å². The standard InChI is InChI=1S/C15H23NO/c1-10-7-11(9-15(16)5-6-15)8-12(13(10)17)14(2,3)4/h7-8,17H,5-6,9,16H2,1-4H3. The molecule has 1 aliphatic rings. The Morgan fingerprint density at radius 3 is 2.35 bits per heavy atom. The summed E-state index contributed by atoms with van der Waals surface area (Å²) in [5.41, 5.74) is 9.39. The first-order chi connectivity index (χ1) is 7.71. The van der Waals surface area contributed by atoms with Crippen LogP contribution in [0.2, 0.25) is 0 Å². The molecule has 1 aromatic rings. The lowest BCUT2D eigenvalue weighted by Gasteiger charge is -2.23. The summed E-state index contributed by atoms with van der Waals surface area (Å²) in [5, 5.41) is 10.1. The van der Waals surface area contributed by atoms with Crippen LogP contribution in [-0.2, 0) is 11.8 Å². The zero-order chi connectivity index (χ0) is 12.8. The second-order valence-electron chi connectivity index (χ2n) is 6.60. The van der Waals surface area contributed by atoms with E-state index < -0.39 is 0 Å². The first kappa shape index (κ1) is 12.4. The summed E-state index contributed by atoms with van der Waals surface area (Å²) in [4.78, 5) is 0. The van der Waals surface area contributed by atoms with Crippen LogP contribution in [0.3, 0.4) is 0 Å². The van der Waals surface area contributed by atoms with E-state index in [1.165, 1.54) is 5.56 Å². The van der Waals surface area contributed by atoms with E-state index in [-0.39, 0.29) is 11.0 Å². The third kappa shape index (κ3) is 2.63. The molecule has 0 unspecified atom stereocenters. The number of phenols is 1. The molecule has 0 heterocycles. The van der Waals surface area contributed by atoms with E-state index in [0.717, 1.165) is 30.4 Å². The van der Waals surface area contributed by atoms with E-state index in [0.29, 0.717) is 5.75 Å². The lowest BCUT2D eigenvalue weighted by atomic mass is 9.83. The average molecular weight is 233 g/mol. The fourth-order valence-corrected chi connectivity index (χ4v) is 2.27. The molecule has 2 rings (SSSR count). The Hall–Kier alpha value is -1.02. The third-order valence-corrected chi connectivity index (χ3v) is 3.62. The summed E-state index contributed by atoms with van der Waals surface area (Å²) in [7, 11) is 0. The van der Waals surface area contributed by atoms with Crippen molar-refractivity contribution in [3.8, 4) is 5.75 Å². The SMILES string of the molecule is Cc1cc(CC2(N)CC2)cc(C(C)(C)C)c1O. The fraction of sp³-hybridized carbons (Fsp3) is 0.600. The molecule has 0 aliphatic heterocycles. The van der Waals surface area contributed by atoms with Crippen LogP contribution < -0.4 is 5.73 Å². The zero-order valence-corrected chi connectivity index (χ0v) is 11.3. The van der Waals surface area contributed by atoms with Gasteiger partial charge in [0, 0.05) is 5.54 Å². The predicted octanol–water partition coefficient (Wildman–Crippen LogP) is 3.03. The molecule has 17 heavy (non-hydrogen) atoms. The molecule has 0 amide bonds. The van der Waals surface area contributed by atoms with Gasteiger partial charge in [-0.15, -0.1) is 0 Å². The van der Waals surface area contributed by atoms with Crippen LogP contribution in [0.4, 0.5) is 0 Å². The smallest absolute Gasteiger partial charge is 0.122 e. The molecule has 0 spiro atoms. The maximum atomic E-state index is 10.1. The maximum absolute atomic E-state index is 10.1. The van der Waals surface area contributed by atoms with Gasteiger partial charge in [-0.05, 0) is 48.3 Å². The van der Waals surface area contributed by atoms with Crippen LogP contribution >= 0.6 is 0 Å². The first-order valence-corrected chi connectivity index (χ1v) is 6.33. The molecule has 1 fully saturated rings. The van der Waals surface area contributed by atoms with Crippen molar-refractivity contribution >= 4 is 0 Å². The van der Waals surface area contributed by atoms with Crippen LogP contribution in [-0.4, -0.2) is 10.6 Å². The highest BCUT2D eigenvalue weighted by atomic mass is 16.3. The molecule has 0 saturated heterocycles. The van der Waals surface area contributed by atoms with Crippen LogP contribution in [0.5, 0.6) is 5.75 Å². The largest absolute Gasteiger partial charge is 0.507 e. The summed E-state index contributed by atoms with van der Waals surface area (Å²) < 4.78 is 0. The molecule has 0 bridgehead atoms. The third-order valence-electron chi connectivity index (χ3n) is 3.62. The number of aryl methyl sites for hydroxylation is 1. The van der Waals surface area contributed by atoms with Crippen molar-refractivity contribution in [1.82, 2.24) is 0 Å². The maximum Gasteiger partial charge on any atom is 0.122 e. The van der Waals surface area contributed by atoms with Crippen molar-refractivity contribution in [3.05, 3.63) is 28.8 Å². The first-order valence-electron chi connectivity index (χ1n) is 6.33. The summed E-state index contributed by atoms with van der Waals surface area (Å²) in [6.07, 6.45) is 3.17. The molecule has 1 aliphatic carbocycles. The van der Waals surface area contributed by atoms with Gasteiger partial charge in [0.25, 0.3) is 0 Å². The van der Waals surface area contributed by atoms with Crippen LogP contribution in [0.1, 0.15) is 50.3 Å². The molecule has 94 valence electrons. The number of phenolic OH excluding ortho intramolecular Hbond substituents is 1. The Labute approximate surface area is 104 Å². The predicted molar refractivity (Wildman–Crippen MR) is 71.4 cm³/mol. The molecular formula is C15H23NO. The van der Waals surface area contributed by atoms with Crippen molar-refractivity contribution < 1.29 is 5.11 Å². The van der Waals surface area contributed by atoms with Gasteiger partial charge in [0.05, 0.1) is 0 Å². The molecule has 0 radical (unpaired) electrons. The Morgan fingerprint density at radius 2 is 1.88 bits per heavy atom. The van der Waals surface area contributed by atoms with E-state index in [4.69, 9.17) is 5.73 Å². The molecule has 1 aromatic carbocycles. The summed E-state index contributed by atoms with van der Waals surface area (Å²) in [5.74, 6) is 0.433. The van der Waals surface area contributed by atoms with Crippen molar-refractivity contribution in [3.63, 3.8) is 0 Å². The summed E-state index contributed by atoms with van der Waals surface area (Å²) >= 11 is 0. The average Bonchev–Trinajstić information content (AvgIpc) is 2.87. The van der Waals surface area contributed by atoms with Crippen molar-refractivity contribution in [1.29, 1.82) is 0 Å². The minimum atomic E-state index is -0.0316. The van der Waals surface area contributed by atoms with Crippen LogP contribution in [0.25, 0.3) is 0 Å². The van der Waals surface area contributed by atoms with Gasteiger partial charge >= 0.3 is 0 Å². The Morgan fingerprint density at radius 1 is 1.29 bits per heavy atom. The molecule has 2 heteroatoms. The topological polar surface area (TPSA) is 46.2 Å². The van der Waals surface area contributed by atoms with Crippen LogP contribution in [0, 0.1) is 6.92 Å². The van der Waals surface area contributed by atoms with Crippen molar-refractivity contribution in [2.45, 2.75) is 57.9 Å². The van der Waals surface area contributed by atoms with Crippen LogP contribution in [0.15, 0.2) is 12.1 Å². The van der Waals surface area contributed by atoms with Gasteiger partial charge in [0.15, 0.2) is 0 Å². The molecular weight excluding hydrogens is 210 g/mol. The van der Waals surface area contributed by atoms with E-state index in [2.05, 4.69) is 32.9 Å². The summed E-state index contributed by atoms with van der Waals surface area (Å²) in [6.45, 7) is 8.34. The second kappa shape index (κ2) is 3.74. The van der Waals surface area contributed by atoms with Gasteiger partial charge in [0.1, 0.15) is 5.75 Å². The Kier molecular flexibility index (Phi) is 2.74. The lowest BCUT2D eigenvalue weighted by molar-refractivity contribution is 0.442. The lowest BCUT2D eigenvalue weighted by Crippen LogP contribution is -2.25. The van der Waals surface area contributed by atoms with E-state index in [1.54, 1.807) is 0 Å². The van der Waals surface area contributed by atoms with E-state index in [1.807, 2.05) is 6.92 Å². The van der Waals surface area contributed by atoms with E-state index in [9.17, 15) is 5.11 Å². The monoisotopic (exact) mass is 233 g/mol. The Balaban J connectivity index is 2.39. The quantitative estimate of drug-likeness (QED) is 0.824. The zero-order valence-electron chi connectivity index (χ0n) is 11.3. The molecule has 0 aromatic heterocycles. The van der Waals surface area contributed by atoms with Gasteiger partial charge in [-0.1, -0.05) is 32.9 Å². The number of hydrogen-bond acceptors (Lipinski definition) is 2. The number of benzene rings is 1. The molecule has 0 atom stereocenters. The van der Waals surface area contributed by atoms with Gasteiger partial charge in [-0.25, -0.2) is 0 Å². The highest BCUT2D eigenvalue weighted by Gasteiger charge is 2.38. The normalized spacial score (nSPS) is 18.2. The molecule has 2 nitrogen and oxygen atoms in total. The van der Waals surface area contributed by atoms with E-state index >= 15 is 0 Å². The highest BCUT2D eigenvalue weighted by molar-refractivity contribution is 5.47. The minimum Gasteiger partial charge on any atom is -0.507 e.